The van der Waals surface area contributed by atoms with Crippen LogP contribution in [0.4, 0.5) is 5.69 Å². The number of hydrogen-bond acceptors (Lipinski definition) is 8. The van der Waals surface area contributed by atoms with Crippen LogP contribution >= 0.6 is 11.6 Å². The zero-order chi connectivity index (χ0) is 24.2. The summed E-state index contributed by atoms with van der Waals surface area (Å²) in [6, 6.07) is 9.96. The average Bonchev–Trinajstić information content (AvgIpc) is 3.06. The first-order valence-electron chi connectivity index (χ1n) is 9.47. The molecule has 1 aliphatic heterocycles. The van der Waals surface area contributed by atoms with Gasteiger partial charge in [0.1, 0.15) is 11.4 Å². The lowest BCUT2D eigenvalue weighted by Crippen LogP contribution is -2.27. The fraction of sp³-hybridized carbons (Fsp3) is 0.130. The molecule has 0 radical (unpaired) electrons. The maximum Gasteiger partial charge on any atom is 0.355 e. The van der Waals surface area contributed by atoms with E-state index in [4.69, 9.17) is 25.8 Å². The molecule has 0 atom stereocenters. The van der Waals surface area contributed by atoms with E-state index in [0.29, 0.717) is 5.02 Å². The van der Waals surface area contributed by atoms with Crippen LogP contribution in [-0.2, 0) is 28.9 Å². The number of halogens is 1. The Labute approximate surface area is 196 Å². The summed E-state index contributed by atoms with van der Waals surface area (Å²) >= 11 is 5.89. The highest BCUT2D eigenvalue weighted by Crippen LogP contribution is 2.34. The maximum atomic E-state index is 13.3. The lowest BCUT2D eigenvalue weighted by atomic mass is 10.1. The van der Waals surface area contributed by atoms with Gasteiger partial charge in [-0.05, 0) is 48.6 Å². The third-order valence-electron chi connectivity index (χ3n) is 4.70. The minimum atomic E-state index is -3.97. The summed E-state index contributed by atoms with van der Waals surface area (Å²) in [7, 11) is -0.229. The molecule has 0 unspecified atom stereocenters. The van der Waals surface area contributed by atoms with Gasteiger partial charge in [-0.2, -0.15) is 0 Å². The second-order valence-corrected chi connectivity index (χ2v) is 9.03. The van der Waals surface area contributed by atoms with Crippen LogP contribution in [0, 0.1) is 0 Å². The molecule has 0 N–H and O–H groups in total. The molecular weight excluding hydrogens is 470 g/mol. The number of nitrogens with zero attached hydrogens (tertiary/aromatic N) is 1. The van der Waals surface area contributed by atoms with Crippen LogP contribution in [0.3, 0.4) is 0 Å². The Morgan fingerprint density at radius 2 is 1.55 bits per heavy atom. The van der Waals surface area contributed by atoms with Crippen LogP contribution in [0.2, 0.25) is 5.02 Å². The maximum absolute atomic E-state index is 13.3. The van der Waals surface area contributed by atoms with E-state index in [9.17, 15) is 18.0 Å². The van der Waals surface area contributed by atoms with Gasteiger partial charge in [0.15, 0.2) is 0 Å². The van der Waals surface area contributed by atoms with Crippen LogP contribution in [0.25, 0.3) is 0 Å². The molecule has 3 rings (SSSR count). The number of benzene rings is 2. The van der Waals surface area contributed by atoms with Gasteiger partial charge in [0.05, 0.1) is 42.4 Å². The van der Waals surface area contributed by atoms with E-state index < -0.39 is 21.8 Å². The zero-order valence-corrected chi connectivity index (χ0v) is 19.5. The lowest BCUT2D eigenvalue weighted by Gasteiger charge is -2.24. The third kappa shape index (κ3) is 4.94. The van der Waals surface area contributed by atoms with Crippen LogP contribution in [0.5, 0.6) is 5.75 Å². The summed E-state index contributed by atoms with van der Waals surface area (Å²) in [6.45, 7) is 0. The van der Waals surface area contributed by atoms with Gasteiger partial charge in [0.2, 0.25) is 9.84 Å². The molecule has 172 valence electrons. The summed E-state index contributed by atoms with van der Waals surface area (Å²) in [6.07, 6.45) is 6.01. The van der Waals surface area contributed by atoms with Crippen molar-refractivity contribution in [2.24, 2.45) is 0 Å². The molecule has 1 aliphatic rings. The van der Waals surface area contributed by atoms with Gasteiger partial charge in [-0.15, -0.1) is 0 Å². The van der Waals surface area contributed by atoms with Crippen molar-refractivity contribution in [2.45, 2.75) is 9.79 Å². The van der Waals surface area contributed by atoms with Gasteiger partial charge < -0.3 is 19.1 Å². The number of methoxy groups -OCH3 is 3. The summed E-state index contributed by atoms with van der Waals surface area (Å²) in [5, 5.41) is 0.394. The predicted molar refractivity (Wildman–Crippen MR) is 122 cm³/mol. The van der Waals surface area contributed by atoms with Crippen LogP contribution in [-0.4, -0.2) is 41.7 Å². The van der Waals surface area contributed by atoms with Crippen LogP contribution in [0.1, 0.15) is 0 Å². The van der Waals surface area contributed by atoms with Crippen molar-refractivity contribution < 1.29 is 32.2 Å². The molecule has 0 saturated carbocycles. The van der Waals surface area contributed by atoms with Gasteiger partial charge in [0.25, 0.3) is 0 Å². The molecule has 0 spiro atoms. The molecule has 1 heterocycles. The number of allylic oxidation sites excluding steroid dienone is 2. The monoisotopic (exact) mass is 489 g/mol. The number of anilines is 1. The Morgan fingerprint density at radius 1 is 0.879 bits per heavy atom. The van der Waals surface area contributed by atoms with Gasteiger partial charge in [-0.3, -0.25) is 0 Å². The van der Waals surface area contributed by atoms with Crippen molar-refractivity contribution in [3.05, 3.63) is 83.2 Å². The summed E-state index contributed by atoms with van der Waals surface area (Å²) < 4.78 is 41.6. The molecule has 0 aromatic heterocycles. The minimum Gasteiger partial charge on any atom is -0.497 e. The van der Waals surface area contributed by atoms with E-state index in [1.807, 2.05) is 0 Å². The summed E-state index contributed by atoms with van der Waals surface area (Å²) in [5.74, 6) is -1.37. The molecule has 0 fully saturated rings. The van der Waals surface area contributed by atoms with Gasteiger partial charge in [-0.1, -0.05) is 17.7 Å². The first kappa shape index (κ1) is 24.1. The van der Waals surface area contributed by atoms with Crippen molar-refractivity contribution >= 4 is 39.1 Å². The highest BCUT2D eigenvalue weighted by atomic mass is 35.5. The third-order valence-corrected chi connectivity index (χ3v) is 6.70. The molecule has 8 nitrogen and oxygen atoms in total. The van der Waals surface area contributed by atoms with Crippen LogP contribution < -0.4 is 9.64 Å². The number of hydrogen-bond donors (Lipinski definition) is 0. The largest absolute Gasteiger partial charge is 0.497 e. The molecule has 10 heteroatoms. The van der Waals surface area contributed by atoms with Gasteiger partial charge in [-0.25, -0.2) is 18.0 Å². The van der Waals surface area contributed by atoms with Crippen molar-refractivity contribution in [1.82, 2.24) is 0 Å². The van der Waals surface area contributed by atoms with Gasteiger partial charge in [0, 0.05) is 17.3 Å². The Bertz CT molecular complexity index is 1280. The highest BCUT2D eigenvalue weighted by Gasteiger charge is 2.29. The summed E-state index contributed by atoms with van der Waals surface area (Å²) in [5.41, 5.74) is 0.0142. The number of sulfone groups is 1. The van der Waals surface area contributed by atoms with Crippen molar-refractivity contribution in [2.75, 3.05) is 26.2 Å². The molecule has 33 heavy (non-hydrogen) atoms. The Balaban J connectivity index is 2.24. The number of rotatable bonds is 6. The topological polar surface area (TPSA) is 99.2 Å². The molecular formula is C23H20ClNO7S. The fourth-order valence-corrected chi connectivity index (χ4v) is 4.52. The van der Waals surface area contributed by atoms with E-state index in [2.05, 4.69) is 0 Å². The van der Waals surface area contributed by atoms with Crippen molar-refractivity contribution in [3.8, 4) is 5.75 Å². The van der Waals surface area contributed by atoms with E-state index in [-0.39, 0.29) is 32.5 Å². The highest BCUT2D eigenvalue weighted by molar-refractivity contribution is 7.91. The number of esters is 2. The SMILES string of the molecule is COC(=O)C1=C(C(=O)OC)N(c2cc(OC)cc(S(=O)(=O)c3ccc(Cl)cc3)c2)C=CC=C1. The molecule has 0 bridgehead atoms. The minimum absolute atomic E-state index is 0.0261. The molecule has 2 aromatic rings. The van der Waals surface area contributed by atoms with Crippen molar-refractivity contribution in [3.63, 3.8) is 0 Å². The van der Waals surface area contributed by atoms with Crippen molar-refractivity contribution in [1.29, 1.82) is 0 Å². The number of carbonyl (C=O) groups excluding carboxylic acids is 2. The molecule has 0 saturated heterocycles. The van der Waals surface area contributed by atoms with E-state index in [1.165, 1.54) is 81.0 Å². The van der Waals surface area contributed by atoms with E-state index >= 15 is 0 Å². The fourth-order valence-electron chi connectivity index (χ4n) is 3.08. The second-order valence-electron chi connectivity index (χ2n) is 6.64. The Morgan fingerprint density at radius 3 is 2.15 bits per heavy atom. The number of ether oxygens (including phenoxy) is 3. The summed E-state index contributed by atoms with van der Waals surface area (Å²) in [4.78, 5) is 26.3. The van der Waals surface area contributed by atoms with E-state index in [1.54, 1.807) is 12.2 Å². The average molecular weight is 490 g/mol. The number of carbonyl (C=O) groups is 2. The molecule has 2 aromatic carbocycles. The van der Waals surface area contributed by atoms with Crippen LogP contribution in [0.15, 0.2) is 88.0 Å². The standard InChI is InChI=1S/C23H20ClNO7S/c1-30-17-12-16(13-19(14-17)33(28,29)18-9-7-15(24)8-10-18)25-11-5-4-6-20(22(26)31-2)21(25)23(27)32-3/h4-14H,1-3H3. The normalized spacial score (nSPS) is 13.5. The van der Waals surface area contributed by atoms with E-state index in [0.717, 1.165) is 0 Å². The molecule has 0 amide bonds. The van der Waals surface area contributed by atoms with Gasteiger partial charge >= 0.3 is 11.9 Å². The predicted octanol–water partition coefficient (Wildman–Crippen LogP) is 3.67. The quantitative estimate of drug-likeness (QED) is 0.567. The Kier molecular flexibility index (Phi) is 7.25. The molecule has 0 aliphatic carbocycles. The first-order chi connectivity index (χ1) is 15.7. The first-order valence-corrected chi connectivity index (χ1v) is 11.3. The smallest absolute Gasteiger partial charge is 0.355 e. The zero-order valence-electron chi connectivity index (χ0n) is 17.9. The Hall–Kier alpha value is -3.56. The lowest BCUT2D eigenvalue weighted by molar-refractivity contribution is -0.139. The second kappa shape index (κ2) is 9.93.